The number of unbranched alkanes of at least 4 members (excludes halogenated alkanes) is 4. The summed E-state index contributed by atoms with van der Waals surface area (Å²) in [5.74, 6) is 1.09. The molecular formula is C20H34OSi. The van der Waals surface area contributed by atoms with Crippen LogP contribution < -0.4 is 0 Å². The van der Waals surface area contributed by atoms with Crippen LogP contribution in [0.5, 0.6) is 0 Å². The minimum atomic E-state index is -1.79. The highest BCUT2D eigenvalue weighted by molar-refractivity contribution is 6.74. The quantitative estimate of drug-likeness (QED) is 0.284. The molecule has 0 aliphatic carbocycles. The SMILES string of the molecule is CCCCCC/C=C(\O[Si](C)(C)C(C)(C)C)c1ccccc1. The first-order chi connectivity index (χ1) is 10.3. The second kappa shape index (κ2) is 8.57. The van der Waals surface area contributed by atoms with Gasteiger partial charge in [-0.3, -0.25) is 0 Å². The van der Waals surface area contributed by atoms with E-state index in [0.29, 0.717) is 0 Å². The summed E-state index contributed by atoms with van der Waals surface area (Å²) in [6.45, 7) is 13.8. The molecule has 1 aromatic rings. The maximum Gasteiger partial charge on any atom is 0.250 e. The number of hydrogen-bond donors (Lipinski definition) is 0. The van der Waals surface area contributed by atoms with Gasteiger partial charge >= 0.3 is 0 Å². The van der Waals surface area contributed by atoms with Gasteiger partial charge in [0.05, 0.1) is 0 Å². The maximum absolute atomic E-state index is 6.59. The molecule has 0 aliphatic rings. The maximum atomic E-state index is 6.59. The third-order valence-electron chi connectivity index (χ3n) is 4.62. The molecule has 22 heavy (non-hydrogen) atoms. The minimum absolute atomic E-state index is 0.225. The van der Waals surface area contributed by atoms with Crippen LogP contribution in [-0.2, 0) is 4.43 Å². The summed E-state index contributed by atoms with van der Waals surface area (Å²) >= 11 is 0. The lowest BCUT2D eigenvalue weighted by Gasteiger charge is -2.37. The van der Waals surface area contributed by atoms with Gasteiger partial charge in [-0.1, -0.05) is 77.3 Å². The van der Waals surface area contributed by atoms with E-state index in [1.54, 1.807) is 0 Å². The van der Waals surface area contributed by atoms with Gasteiger partial charge in [-0.05, 0) is 37.0 Å². The van der Waals surface area contributed by atoms with Crippen LogP contribution in [0.1, 0.15) is 65.4 Å². The molecule has 1 rings (SSSR count). The van der Waals surface area contributed by atoms with Crippen molar-refractivity contribution in [2.75, 3.05) is 0 Å². The van der Waals surface area contributed by atoms with Crippen molar-refractivity contribution >= 4 is 14.1 Å². The van der Waals surface area contributed by atoms with Gasteiger partial charge in [-0.25, -0.2) is 0 Å². The first kappa shape index (κ1) is 19.0. The highest BCUT2D eigenvalue weighted by Crippen LogP contribution is 2.39. The summed E-state index contributed by atoms with van der Waals surface area (Å²) in [6, 6.07) is 10.6. The van der Waals surface area contributed by atoms with Gasteiger partial charge < -0.3 is 4.43 Å². The van der Waals surface area contributed by atoms with Crippen molar-refractivity contribution in [1.82, 2.24) is 0 Å². The zero-order chi connectivity index (χ0) is 16.6. The molecule has 124 valence electrons. The summed E-state index contributed by atoms with van der Waals surface area (Å²) in [5, 5.41) is 0.225. The third-order valence-corrected chi connectivity index (χ3v) is 8.96. The first-order valence-electron chi connectivity index (χ1n) is 8.72. The van der Waals surface area contributed by atoms with Gasteiger partial charge in [0.25, 0.3) is 0 Å². The van der Waals surface area contributed by atoms with Crippen molar-refractivity contribution in [3.05, 3.63) is 42.0 Å². The second-order valence-corrected chi connectivity index (χ2v) is 12.4. The largest absolute Gasteiger partial charge is 0.543 e. The van der Waals surface area contributed by atoms with E-state index in [1.165, 1.54) is 31.2 Å². The van der Waals surface area contributed by atoms with Crippen molar-refractivity contribution in [2.45, 2.75) is 77.9 Å². The molecule has 0 saturated carbocycles. The van der Waals surface area contributed by atoms with E-state index in [-0.39, 0.29) is 5.04 Å². The average Bonchev–Trinajstić information content (AvgIpc) is 2.45. The number of hydrogen-bond acceptors (Lipinski definition) is 1. The lowest BCUT2D eigenvalue weighted by molar-refractivity contribution is 0.456. The highest BCUT2D eigenvalue weighted by Gasteiger charge is 2.39. The molecule has 0 N–H and O–H groups in total. The third kappa shape index (κ3) is 6.00. The summed E-state index contributed by atoms with van der Waals surface area (Å²) in [7, 11) is -1.79. The lowest BCUT2D eigenvalue weighted by atomic mass is 10.1. The van der Waals surface area contributed by atoms with E-state index in [1.807, 2.05) is 0 Å². The molecule has 0 unspecified atom stereocenters. The summed E-state index contributed by atoms with van der Waals surface area (Å²) in [5.41, 5.74) is 1.21. The Morgan fingerprint density at radius 2 is 1.68 bits per heavy atom. The molecule has 0 bridgehead atoms. The van der Waals surface area contributed by atoms with Crippen molar-refractivity contribution in [2.24, 2.45) is 0 Å². The zero-order valence-corrected chi connectivity index (χ0v) is 16.4. The van der Waals surface area contributed by atoms with Gasteiger partial charge in [0.2, 0.25) is 8.32 Å². The van der Waals surface area contributed by atoms with Crippen molar-refractivity contribution in [3.63, 3.8) is 0 Å². The molecular weight excluding hydrogens is 284 g/mol. The topological polar surface area (TPSA) is 9.23 Å². The van der Waals surface area contributed by atoms with E-state index in [9.17, 15) is 0 Å². The summed E-state index contributed by atoms with van der Waals surface area (Å²) < 4.78 is 6.59. The lowest BCUT2D eigenvalue weighted by Crippen LogP contribution is -2.40. The Balaban J connectivity index is 2.86. The van der Waals surface area contributed by atoms with Crippen LogP contribution in [-0.4, -0.2) is 8.32 Å². The normalized spacial score (nSPS) is 13.3. The second-order valence-electron chi connectivity index (χ2n) is 7.65. The van der Waals surface area contributed by atoms with E-state index < -0.39 is 8.32 Å². The van der Waals surface area contributed by atoms with Gasteiger partial charge in [-0.15, -0.1) is 0 Å². The van der Waals surface area contributed by atoms with E-state index in [2.05, 4.69) is 77.2 Å². The van der Waals surface area contributed by atoms with Crippen LogP contribution in [0.25, 0.3) is 5.76 Å². The Hall–Kier alpha value is -1.02. The predicted molar refractivity (Wildman–Crippen MR) is 101 cm³/mol. The fraction of sp³-hybridized carbons (Fsp3) is 0.600. The van der Waals surface area contributed by atoms with Crippen molar-refractivity contribution < 1.29 is 4.43 Å². The van der Waals surface area contributed by atoms with Crippen molar-refractivity contribution in [3.8, 4) is 0 Å². The van der Waals surface area contributed by atoms with Crippen molar-refractivity contribution in [1.29, 1.82) is 0 Å². The summed E-state index contributed by atoms with van der Waals surface area (Å²) in [4.78, 5) is 0. The molecule has 0 atom stereocenters. The van der Waals surface area contributed by atoms with Gasteiger partial charge in [-0.2, -0.15) is 0 Å². The Labute approximate surface area is 138 Å². The van der Waals surface area contributed by atoms with Gasteiger partial charge in [0, 0.05) is 5.56 Å². The van der Waals surface area contributed by atoms with E-state index in [0.717, 1.165) is 12.2 Å². The molecule has 0 aliphatic heterocycles. The minimum Gasteiger partial charge on any atom is -0.543 e. The summed E-state index contributed by atoms with van der Waals surface area (Å²) in [6.07, 6.45) is 8.61. The Bertz CT molecular complexity index is 454. The molecule has 0 aromatic heterocycles. The Kier molecular flexibility index (Phi) is 7.41. The van der Waals surface area contributed by atoms with Crippen LogP contribution in [0.4, 0.5) is 0 Å². The van der Waals surface area contributed by atoms with Crippen LogP contribution in [0.3, 0.4) is 0 Å². The fourth-order valence-electron chi connectivity index (χ4n) is 2.05. The Morgan fingerprint density at radius 1 is 1.05 bits per heavy atom. The number of rotatable bonds is 8. The van der Waals surface area contributed by atoms with E-state index >= 15 is 0 Å². The molecule has 0 heterocycles. The molecule has 0 radical (unpaired) electrons. The van der Waals surface area contributed by atoms with Crippen LogP contribution >= 0.6 is 0 Å². The standard InChI is InChI=1S/C20H34OSi/c1-7-8-9-10-14-17-19(18-15-12-11-13-16-18)21-22(5,6)20(2,3)4/h11-13,15-17H,7-10,14H2,1-6H3/b19-17-. The molecule has 0 fully saturated rings. The van der Waals surface area contributed by atoms with Crippen LogP contribution in [0, 0.1) is 0 Å². The predicted octanol–water partition coefficient (Wildman–Crippen LogP) is 7.02. The molecule has 2 heteroatoms. The molecule has 0 saturated heterocycles. The molecule has 1 nitrogen and oxygen atoms in total. The fourth-order valence-corrected chi connectivity index (χ4v) is 3.11. The highest BCUT2D eigenvalue weighted by atomic mass is 28.4. The molecule has 0 amide bonds. The molecule has 0 spiro atoms. The number of allylic oxidation sites excluding steroid dienone is 1. The van der Waals surface area contributed by atoms with Crippen LogP contribution in [0.2, 0.25) is 18.1 Å². The van der Waals surface area contributed by atoms with Gasteiger partial charge in [0.1, 0.15) is 5.76 Å². The monoisotopic (exact) mass is 318 g/mol. The van der Waals surface area contributed by atoms with E-state index in [4.69, 9.17) is 4.43 Å². The Morgan fingerprint density at radius 3 is 2.23 bits per heavy atom. The van der Waals surface area contributed by atoms with Crippen LogP contribution in [0.15, 0.2) is 36.4 Å². The smallest absolute Gasteiger partial charge is 0.250 e. The first-order valence-corrected chi connectivity index (χ1v) is 11.6. The zero-order valence-electron chi connectivity index (χ0n) is 15.4. The van der Waals surface area contributed by atoms with Gasteiger partial charge in [0.15, 0.2) is 0 Å². The molecule has 1 aromatic carbocycles. The average molecular weight is 319 g/mol. The number of benzene rings is 1.